The minimum Gasteiger partial charge on any atom is -0.353 e. The molecule has 3 heteroatoms. The normalized spacial score (nSPS) is 18.0. The van der Waals surface area contributed by atoms with Gasteiger partial charge in [-0.05, 0) is 25.7 Å². The van der Waals surface area contributed by atoms with Crippen molar-refractivity contribution < 1.29 is 4.79 Å². The predicted octanol–water partition coefficient (Wildman–Crippen LogP) is 1.20. The molecule has 0 saturated heterocycles. The third kappa shape index (κ3) is 3.38. The van der Waals surface area contributed by atoms with E-state index in [0.29, 0.717) is 18.8 Å². The van der Waals surface area contributed by atoms with E-state index < -0.39 is 0 Å². The van der Waals surface area contributed by atoms with Gasteiger partial charge in [-0.3, -0.25) is 4.79 Å². The average Bonchev–Trinajstić information content (AvgIpc) is 2.71. The molecule has 66 valence electrons. The van der Waals surface area contributed by atoms with Crippen LogP contribution in [0.15, 0.2) is 0 Å². The van der Waals surface area contributed by atoms with Crippen LogP contribution in [0.4, 0.5) is 0 Å². The van der Waals surface area contributed by atoms with Crippen molar-refractivity contribution in [1.29, 1.82) is 5.26 Å². The summed E-state index contributed by atoms with van der Waals surface area (Å²) in [4.78, 5) is 11.2. The van der Waals surface area contributed by atoms with Crippen LogP contribution in [0, 0.1) is 17.2 Å². The molecule has 1 aliphatic carbocycles. The lowest BCUT2D eigenvalue weighted by Gasteiger charge is -2.09. The van der Waals surface area contributed by atoms with Crippen molar-refractivity contribution in [3.8, 4) is 6.07 Å². The molecular weight excluding hydrogens is 152 g/mol. The van der Waals surface area contributed by atoms with Gasteiger partial charge in [0.2, 0.25) is 5.91 Å². The second-order valence-corrected chi connectivity index (χ2v) is 3.48. The van der Waals surface area contributed by atoms with E-state index in [1.807, 2.05) is 13.0 Å². The van der Waals surface area contributed by atoms with Crippen molar-refractivity contribution in [3.63, 3.8) is 0 Å². The standard InChI is InChI=1S/C9H14N2O/c1-7(4-5-10)11-9(12)6-8-2-3-8/h7-8H,2-4,6H2,1H3,(H,11,12). The molecule has 0 spiro atoms. The fraction of sp³-hybridized carbons (Fsp3) is 0.778. The molecule has 12 heavy (non-hydrogen) atoms. The molecule has 0 bridgehead atoms. The largest absolute Gasteiger partial charge is 0.353 e. The fourth-order valence-electron chi connectivity index (χ4n) is 1.11. The summed E-state index contributed by atoms with van der Waals surface area (Å²) in [5, 5.41) is 11.1. The third-order valence-electron chi connectivity index (χ3n) is 1.98. The van der Waals surface area contributed by atoms with Gasteiger partial charge in [0.05, 0.1) is 12.5 Å². The summed E-state index contributed by atoms with van der Waals surface area (Å²) in [6.45, 7) is 1.86. The Morgan fingerprint density at radius 3 is 2.92 bits per heavy atom. The molecule has 0 aliphatic heterocycles. The zero-order valence-electron chi connectivity index (χ0n) is 7.34. The van der Waals surface area contributed by atoms with Gasteiger partial charge in [-0.1, -0.05) is 0 Å². The summed E-state index contributed by atoms with van der Waals surface area (Å²) in [5.41, 5.74) is 0. The Bertz CT molecular complexity index is 203. The molecule has 0 radical (unpaired) electrons. The van der Waals surface area contributed by atoms with Gasteiger partial charge in [0.25, 0.3) is 0 Å². The fourth-order valence-corrected chi connectivity index (χ4v) is 1.11. The van der Waals surface area contributed by atoms with Gasteiger partial charge in [-0.25, -0.2) is 0 Å². The molecule has 1 fully saturated rings. The molecule has 0 aromatic carbocycles. The van der Waals surface area contributed by atoms with Crippen LogP contribution in [0.25, 0.3) is 0 Å². The Labute approximate surface area is 72.8 Å². The SMILES string of the molecule is CC(CC#N)NC(=O)CC1CC1. The van der Waals surface area contributed by atoms with Crippen molar-refractivity contribution in [2.45, 2.75) is 38.6 Å². The van der Waals surface area contributed by atoms with E-state index in [1.54, 1.807) is 0 Å². The molecule has 1 rings (SSSR count). The Balaban J connectivity index is 2.11. The van der Waals surface area contributed by atoms with E-state index in [2.05, 4.69) is 5.32 Å². The number of nitrogens with one attached hydrogen (secondary N) is 1. The van der Waals surface area contributed by atoms with Crippen LogP contribution >= 0.6 is 0 Å². The van der Waals surface area contributed by atoms with Crippen LogP contribution in [0.5, 0.6) is 0 Å². The summed E-state index contributed by atoms with van der Waals surface area (Å²) in [5.74, 6) is 0.722. The van der Waals surface area contributed by atoms with E-state index in [9.17, 15) is 4.79 Å². The maximum atomic E-state index is 11.2. The van der Waals surface area contributed by atoms with Crippen LogP contribution in [0.2, 0.25) is 0 Å². The number of nitrogens with zero attached hydrogens (tertiary/aromatic N) is 1. The van der Waals surface area contributed by atoms with E-state index in [0.717, 1.165) is 0 Å². The molecule has 0 aromatic rings. The van der Waals surface area contributed by atoms with E-state index in [-0.39, 0.29) is 11.9 Å². The van der Waals surface area contributed by atoms with Crippen LogP contribution < -0.4 is 5.32 Å². The zero-order chi connectivity index (χ0) is 8.97. The van der Waals surface area contributed by atoms with Crippen molar-refractivity contribution >= 4 is 5.91 Å². The molecule has 1 atom stereocenters. The highest BCUT2D eigenvalue weighted by Crippen LogP contribution is 2.32. The summed E-state index contributed by atoms with van der Waals surface area (Å²) in [6.07, 6.45) is 3.44. The minimum absolute atomic E-state index is 0.00116. The molecular formula is C9H14N2O. The second kappa shape index (κ2) is 4.10. The van der Waals surface area contributed by atoms with Crippen molar-refractivity contribution in [2.24, 2.45) is 5.92 Å². The van der Waals surface area contributed by atoms with Crippen LogP contribution in [-0.2, 0) is 4.79 Å². The molecule has 0 aromatic heterocycles. The minimum atomic E-state index is 0.00116. The highest BCUT2D eigenvalue weighted by atomic mass is 16.1. The summed E-state index contributed by atoms with van der Waals surface area (Å²) in [7, 11) is 0. The van der Waals surface area contributed by atoms with E-state index >= 15 is 0 Å². The Hall–Kier alpha value is -1.04. The number of carbonyl (C=O) groups excluding carboxylic acids is 1. The quantitative estimate of drug-likeness (QED) is 0.682. The van der Waals surface area contributed by atoms with E-state index in [1.165, 1.54) is 12.8 Å². The van der Waals surface area contributed by atoms with E-state index in [4.69, 9.17) is 5.26 Å². The van der Waals surface area contributed by atoms with Gasteiger partial charge in [0, 0.05) is 12.5 Å². The number of amides is 1. The lowest BCUT2D eigenvalue weighted by atomic mass is 10.2. The molecule has 1 N–H and O–H groups in total. The maximum absolute atomic E-state index is 11.2. The lowest BCUT2D eigenvalue weighted by Crippen LogP contribution is -2.32. The van der Waals surface area contributed by atoms with Crippen LogP contribution in [-0.4, -0.2) is 11.9 Å². The predicted molar refractivity (Wildman–Crippen MR) is 45.2 cm³/mol. The first kappa shape index (κ1) is 9.05. The smallest absolute Gasteiger partial charge is 0.220 e. The summed E-state index contributed by atoms with van der Waals surface area (Å²) >= 11 is 0. The molecule has 1 aliphatic rings. The van der Waals surface area contributed by atoms with Crippen molar-refractivity contribution in [1.82, 2.24) is 5.32 Å². The zero-order valence-corrected chi connectivity index (χ0v) is 7.34. The number of hydrogen-bond acceptors (Lipinski definition) is 2. The van der Waals surface area contributed by atoms with Gasteiger partial charge in [0.1, 0.15) is 0 Å². The van der Waals surface area contributed by atoms with Gasteiger partial charge in [-0.2, -0.15) is 5.26 Å². The van der Waals surface area contributed by atoms with Crippen molar-refractivity contribution in [2.75, 3.05) is 0 Å². The highest BCUT2D eigenvalue weighted by Gasteiger charge is 2.24. The van der Waals surface area contributed by atoms with Crippen LogP contribution in [0.3, 0.4) is 0 Å². The molecule has 1 saturated carbocycles. The molecule has 0 heterocycles. The van der Waals surface area contributed by atoms with Gasteiger partial charge in [0.15, 0.2) is 0 Å². The Morgan fingerprint density at radius 2 is 2.42 bits per heavy atom. The number of nitriles is 1. The Morgan fingerprint density at radius 1 is 1.75 bits per heavy atom. The molecule has 1 amide bonds. The maximum Gasteiger partial charge on any atom is 0.220 e. The molecule has 1 unspecified atom stereocenters. The topological polar surface area (TPSA) is 52.9 Å². The first-order valence-electron chi connectivity index (χ1n) is 4.38. The van der Waals surface area contributed by atoms with Crippen LogP contribution in [0.1, 0.15) is 32.6 Å². The number of hydrogen-bond donors (Lipinski definition) is 1. The van der Waals surface area contributed by atoms with Gasteiger partial charge >= 0.3 is 0 Å². The average molecular weight is 166 g/mol. The first-order valence-corrected chi connectivity index (χ1v) is 4.38. The monoisotopic (exact) mass is 166 g/mol. The lowest BCUT2D eigenvalue weighted by molar-refractivity contribution is -0.122. The molecule has 3 nitrogen and oxygen atoms in total. The third-order valence-corrected chi connectivity index (χ3v) is 1.98. The highest BCUT2D eigenvalue weighted by molar-refractivity contribution is 5.76. The van der Waals surface area contributed by atoms with Crippen molar-refractivity contribution in [3.05, 3.63) is 0 Å². The summed E-state index contributed by atoms with van der Waals surface area (Å²) in [6, 6.07) is 2.03. The Kier molecular flexibility index (Phi) is 3.09. The summed E-state index contributed by atoms with van der Waals surface area (Å²) < 4.78 is 0. The van der Waals surface area contributed by atoms with Gasteiger partial charge in [-0.15, -0.1) is 0 Å². The van der Waals surface area contributed by atoms with Gasteiger partial charge < -0.3 is 5.32 Å². The second-order valence-electron chi connectivity index (χ2n) is 3.48. The number of rotatable bonds is 4. The number of carbonyl (C=O) groups is 1. The first-order chi connectivity index (χ1) is 5.72.